The molecule has 2 aromatic rings. The van der Waals surface area contributed by atoms with Crippen molar-refractivity contribution in [1.82, 2.24) is 19.9 Å². The molecule has 1 aromatic heterocycles. The van der Waals surface area contributed by atoms with E-state index in [9.17, 15) is 0 Å². The second-order valence-electron chi connectivity index (χ2n) is 6.69. The average Bonchev–Trinajstić information content (AvgIpc) is 3.31. The lowest BCUT2D eigenvalue weighted by molar-refractivity contribution is 0.158. The molecule has 1 fully saturated rings. The highest BCUT2D eigenvalue weighted by atomic mass is 16.5. The summed E-state index contributed by atoms with van der Waals surface area (Å²) in [4.78, 5) is 4.74. The summed E-state index contributed by atoms with van der Waals surface area (Å²) in [5.41, 5.74) is 1.09. The number of rotatable bonds is 4. The molecule has 2 aliphatic heterocycles. The molecule has 2 aliphatic rings. The standard InChI is InChI=1S/C17H24N6O.C2H6/c1-13(2)23-11-16(19-20-23)22-9-7-21(8-10-22)12-17-18-14-5-3-4-6-15(14)24-17;1-2/h3-6,11,13,17-18H,7-10,12H2,1-2H3;1-2H3. The fourth-order valence-electron chi connectivity index (χ4n) is 3.19. The number of para-hydroxylation sites is 2. The first kappa shape index (κ1) is 18.5. The number of hydrogen-bond donors (Lipinski definition) is 1. The Morgan fingerprint density at radius 2 is 1.88 bits per heavy atom. The van der Waals surface area contributed by atoms with Crippen LogP contribution < -0.4 is 15.0 Å². The van der Waals surface area contributed by atoms with Gasteiger partial charge < -0.3 is 15.0 Å². The highest BCUT2D eigenvalue weighted by Crippen LogP contribution is 2.31. The van der Waals surface area contributed by atoms with Crippen LogP contribution >= 0.6 is 0 Å². The lowest BCUT2D eigenvalue weighted by Crippen LogP contribution is -2.50. The number of nitrogens with zero attached hydrogens (tertiary/aromatic N) is 5. The SMILES string of the molecule is CC.CC(C)n1cc(N2CCN(CC3Nc4ccccc4O3)CC2)nn1. The van der Waals surface area contributed by atoms with Gasteiger partial charge in [-0.1, -0.05) is 31.2 Å². The van der Waals surface area contributed by atoms with Crippen LogP contribution in [0.25, 0.3) is 0 Å². The fraction of sp³-hybridized carbons (Fsp3) is 0.579. The molecule has 7 heteroatoms. The van der Waals surface area contributed by atoms with Crippen molar-refractivity contribution in [3.63, 3.8) is 0 Å². The van der Waals surface area contributed by atoms with Crippen molar-refractivity contribution < 1.29 is 4.74 Å². The molecular weight excluding hydrogens is 328 g/mol. The van der Waals surface area contributed by atoms with Gasteiger partial charge in [0, 0.05) is 32.2 Å². The Labute approximate surface area is 155 Å². The van der Waals surface area contributed by atoms with Gasteiger partial charge in [-0.3, -0.25) is 4.90 Å². The summed E-state index contributed by atoms with van der Waals surface area (Å²) in [5.74, 6) is 1.93. The maximum Gasteiger partial charge on any atom is 0.182 e. The highest BCUT2D eigenvalue weighted by Gasteiger charge is 2.26. The van der Waals surface area contributed by atoms with Gasteiger partial charge in [0.05, 0.1) is 18.4 Å². The molecule has 1 atom stereocenters. The Morgan fingerprint density at radius 1 is 1.15 bits per heavy atom. The van der Waals surface area contributed by atoms with E-state index in [0.29, 0.717) is 6.04 Å². The number of benzene rings is 1. The van der Waals surface area contributed by atoms with E-state index >= 15 is 0 Å². The van der Waals surface area contributed by atoms with Gasteiger partial charge in [0.15, 0.2) is 12.0 Å². The number of anilines is 2. The maximum atomic E-state index is 5.96. The molecule has 3 heterocycles. The molecule has 1 N–H and O–H groups in total. The second kappa shape index (κ2) is 8.40. The summed E-state index contributed by atoms with van der Waals surface area (Å²) in [6, 6.07) is 8.45. The van der Waals surface area contributed by atoms with E-state index in [1.54, 1.807) is 0 Å². The molecule has 4 rings (SSSR count). The minimum atomic E-state index is 0.0377. The van der Waals surface area contributed by atoms with Crippen molar-refractivity contribution in [3.05, 3.63) is 30.5 Å². The first-order valence-corrected chi connectivity index (χ1v) is 9.60. The van der Waals surface area contributed by atoms with Crippen LogP contribution in [0, 0.1) is 0 Å². The maximum absolute atomic E-state index is 5.96. The average molecular weight is 358 g/mol. The lowest BCUT2D eigenvalue weighted by Gasteiger charge is -2.35. The van der Waals surface area contributed by atoms with Gasteiger partial charge in [-0.15, -0.1) is 5.10 Å². The molecule has 1 unspecified atom stereocenters. The summed E-state index contributed by atoms with van der Waals surface area (Å²) in [6.07, 6.45) is 2.08. The smallest absolute Gasteiger partial charge is 0.182 e. The van der Waals surface area contributed by atoms with Crippen molar-refractivity contribution >= 4 is 11.5 Å². The Kier molecular flexibility index (Phi) is 5.98. The monoisotopic (exact) mass is 358 g/mol. The molecule has 0 radical (unpaired) electrons. The molecule has 1 aromatic carbocycles. The molecule has 1 saturated heterocycles. The number of piperazine rings is 1. The summed E-state index contributed by atoms with van der Waals surface area (Å²) in [6.45, 7) is 13.1. The minimum Gasteiger partial charge on any atom is -0.467 e. The zero-order valence-electron chi connectivity index (χ0n) is 16.2. The summed E-state index contributed by atoms with van der Waals surface area (Å²) in [7, 11) is 0. The zero-order chi connectivity index (χ0) is 18.5. The summed E-state index contributed by atoms with van der Waals surface area (Å²) >= 11 is 0. The predicted molar refractivity (Wildman–Crippen MR) is 105 cm³/mol. The molecule has 0 saturated carbocycles. The van der Waals surface area contributed by atoms with Crippen molar-refractivity contribution in [1.29, 1.82) is 0 Å². The Morgan fingerprint density at radius 3 is 2.54 bits per heavy atom. The van der Waals surface area contributed by atoms with E-state index < -0.39 is 0 Å². The first-order valence-electron chi connectivity index (χ1n) is 9.60. The van der Waals surface area contributed by atoms with Crippen LogP contribution in [0.15, 0.2) is 30.5 Å². The van der Waals surface area contributed by atoms with Gasteiger partial charge in [-0.25, -0.2) is 4.68 Å². The van der Waals surface area contributed by atoms with Crippen LogP contribution in [0.5, 0.6) is 5.75 Å². The minimum absolute atomic E-state index is 0.0377. The Balaban J connectivity index is 0.000000948. The molecule has 7 nitrogen and oxygen atoms in total. The molecule has 26 heavy (non-hydrogen) atoms. The van der Waals surface area contributed by atoms with Crippen molar-refractivity contribution in [2.45, 2.75) is 40.0 Å². The predicted octanol–water partition coefficient (Wildman–Crippen LogP) is 2.84. The van der Waals surface area contributed by atoms with E-state index in [1.165, 1.54) is 0 Å². The Bertz CT molecular complexity index is 668. The van der Waals surface area contributed by atoms with Crippen LogP contribution in [0.4, 0.5) is 11.5 Å². The first-order chi connectivity index (χ1) is 12.7. The largest absolute Gasteiger partial charge is 0.467 e. The molecule has 0 spiro atoms. The summed E-state index contributed by atoms with van der Waals surface area (Å²) in [5, 5.41) is 11.9. The van der Waals surface area contributed by atoms with Gasteiger partial charge in [0.25, 0.3) is 0 Å². The normalized spacial score (nSPS) is 19.4. The van der Waals surface area contributed by atoms with Crippen LogP contribution in [-0.4, -0.2) is 58.8 Å². The molecule has 0 bridgehead atoms. The fourth-order valence-corrected chi connectivity index (χ4v) is 3.19. The van der Waals surface area contributed by atoms with Gasteiger partial charge in [0.1, 0.15) is 5.75 Å². The van der Waals surface area contributed by atoms with E-state index in [1.807, 2.05) is 42.9 Å². The topological polar surface area (TPSA) is 58.5 Å². The van der Waals surface area contributed by atoms with Crippen LogP contribution in [0.2, 0.25) is 0 Å². The number of ether oxygens (including phenoxy) is 1. The van der Waals surface area contributed by atoms with Crippen LogP contribution in [0.3, 0.4) is 0 Å². The summed E-state index contributed by atoms with van der Waals surface area (Å²) < 4.78 is 7.87. The van der Waals surface area contributed by atoms with Gasteiger partial charge in [-0.2, -0.15) is 0 Å². The second-order valence-corrected chi connectivity index (χ2v) is 6.69. The van der Waals surface area contributed by atoms with Crippen molar-refractivity contribution in [3.8, 4) is 5.75 Å². The highest BCUT2D eigenvalue weighted by molar-refractivity contribution is 5.59. The van der Waals surface area contributed by atoms with E-state index in [2.05, 4.69) is 45.3 Å². The molecule has 0 amide bonds. The van der Waals surface area contributed by atoms with E-state index in [0.717, 1.165) is 50.0 Å². The van der Waals surface area contributed by atoms with Gasteiger partial charge in [0.2, 0.25) is 0 Å². The molecule has 142 valence electrons. The lowest BCUT2D eigenvalue weighted by atomic mass is 10.3. The number of nitrogens with one attached hydrogen (secondary N) is 1. The third-order valence-electron chi connectivity index (χ3n) is 4.62. The zero-order valence-corrected chi connectivity index (χ0v) is 16.2. The van der Waals surface area contributed by atoms with Crippen LogP contribution in [-0.2, 0) is 0 Å². The third-order valence-corrected chi connectivity index (χ3v) is 4.62. The van der Waals surface area contributed by atoms with Gasteiger partial charge >= 0.3 is 0 Å². The van der Waals surface area contributed by atoms with E-state index in [-0.39, 0.29) is 6.23 Å². The van der Waals surface area contributed by atoms with Crippen molar-refractivity contribution in [2.24, 2.45) is 0 Å². The quantitative estimate of drug-likeness (QED) is 0.907. The molecule has 0 aliphatic carbocycles. The van der Waals surface area contributed by atoms with Crippen LogP contribution in [0.1, 0.15) is 33.7 Å². The third kappa shape index (κ3) is 4.09. The van der Waals surface area contributed by atoms with Crippen molar-refractivity contribution in [2.75, 3.05) is 42.9 Å². The number of hydrogen-bond acceptors (Lipinski definition) is 6. The van der Waals surface area contributed by atoms with E-state index in [4.69, 9.17) is 4.74 Å². The Hall–Kier alpha value is -2.28. The number of fused-ring (bicyclic) bond motifs is 1. The number of aromatic nitrogens is 3. The molecular formula is C19H30N6O. The van der Waals surface area contributed by atoms with Gasteiger partial charge in [-0.05, 0) is 26.0 Å².